The molecular formula is C22H23N3O3. The van der Waals surface area contributed by atoms with Crippen molar-refractivity contribution >= 4 is 5.91 Å². The van der Waals surface area contributed by atoms with Gasteiger partial charge in [-0.05, 0) is 11.1 Å². The number of nitrogens with one attached hydrogen (secondary N) is 1. The third-order valence-electron chi connectivity index (χ3n) is 4.86. The number of hydrogen-bond acceptors (Lipinski definition) is 5. The van der Waals surface area contributed by atoms with Gasteiger partial charge in [-0.2, -0.15) is 0 Å². The van der Waals surface area contributed by atoms with Crippen molar-refractivity contribution in [2.45, 2.75) is 13.1 Å². The Kier molecular flexibility index (Phi) is 5.80. The smallest absolute Gasteiger partial charge is 0.273 e. The molecule has 1 aromatic heterocycles. The maximum absolute atomic E-state index is 12.5. The molecule has 1 aliphatic rings. The van der Waals surface area contributed by atoms with E-state index in [1.807, 2.05) is 48.5 Å². The van der Waals surface area contributed by atoms with Crippen molar-refractivity contribution in [3.05, 3.63) is 77.5 Å². The summed E-state index contributed by atoms with van der Waals surface area (Å²) < 4.78 is 10.7. The first-order valence-electron chi connectivity index (χ1n) is 9.47. The highest BCUT2D eigenvalue weighted by molar-refractivity contribution is 5.93. The highest BCUT2D eigenvalue weighted by Gasteiger charge is 2.15. The van der Waals surface area contributed by atoms with E-state index in [-0.39, 0.29) is 11.6 Å². The Morgan fingerprint density at radius 3 is 2.50 bits per heavy atom. The molecule has 0 spiro atoms. The number of carbonyl (C=O) groups is 1. The number of rotatable bonds is 6. The van der Waals surface area contributed by atoms with Crippen LogP contribution in [0.15, 0.2) is 65.2 Å². The molecule has 0 unspecified atom stereocenters. The predicted octanol–water partition coefficient (Wildman–Crippen LogP) is 3.10. The average molecular weight is 377 g/mol. The van der Waals surface area contributed by atoms with E-state index >= 15 is 0 Å². The molecule has 0 aliphatic carbocycles. The monoisotopic (exact) mass is 377 g/mol. The van der Waals surface area contributed by atoms with Crippen molar-refractivity contribution in [2.75, 3.05) is 26.3 Å². The SMILES string of the molecule is O=C(NCc1ccccc1CN1CCOCC1)c1cc(-c2ccccc2)on1. The molecule has 28 heavy (non-hydrogen) atoms. The van der Waals surface area contributed by atoms with Crippen molar-refractivity contribution in [2.24, 2.45) is 0 Å². The van der Waals surface area contributed by atoms with E-state index in [0.717, 1.165) is 44.0 Å². The minimum atomic E-state index is -0.243. The molecule has 6 nitrogen and oxygen atoms in total. The summed E-state index contributed by atoms with van der Waals surface area (Å²) in [4.78, 5) is 14.9. The zero-order valence-electron chi connectivity index (χ0n) is 15.6. The first-order valence-corrected chi connectivity index (χ1v) is 9.47. The molecule has 1 aliphatic heterocycles. The van der Waals surface area contributed by atoms with E-state index in [4.69, 9.17) is 9.26 Å². The summed E-state index contributed by atoms with van der Waals surface area (Å²) in [7, 11) is 0. The lowest BCUT2D eigenvalue weighted by atomic mass is 10.1. The van der Waals surface area contributed by atoms with Crippen LogP contribution in [0.2, 0.25) is 0 Å². The summed E-state index contributed by atoms with van der Waals surface area (Å²) in [5.74, 6) is 0.338. The number of ether oxygens (including phenoxy) is 1. The van der Waals surface area contributed by atoms with Crippen molar-refractivity contribution in [3.63, 3.8) is 0 Å². The second-order valence-electron chi connectivity index (χ2n) is 6.78. The van der Waals surface area contributed by atoms with E-state index in [1.54, 1.807) is 6.07 Å². The molecule has 144 valence electrons. The molecule has 0 bridgehead atoms. The van der Waals surface area contributed by atoms with Gasteiger partial charge in [-0.3, -0.25) is 9.69 Å². The summed E-state index contributed by atoms with van der Waals surface area (Å²) in [6, 6.07) is 19.5. The molecule has 0 saturated carbocycles. The van der Waals surface area contributed by atoms with Crippen LogP contribution in [-0.4, -0.2) is 42.3 Å². The summed E-state index contributed by atoms with van der Waals surface area (Å²) in [5.41, 5.74) is 3.50. The topological polar surface area (TPSA) is 67.6 Å². The molecule has 2 aromatic carbocycles. The third-order valence-corrected chi connectivity index (χ3v) is 4.86. The average Bonchev–Trinajstić information content (AvgIpc) is 3.25. The van der Waals surface area contributed by atoms with Gasteiger partial charge in [-0.15, -0.1) is 0 Å². The molecular weight excluding hydrogens is 354 g/mol. The van der Waals surface area contributed by atoms with E-state index in [1.165, 1.54) is 5.56 Å². The second kappa shape index (κ2) is 8.82. The summed E-state index contributed by atoms with van der Waals surface area (Å²) in [5, 5.41) is 6.86. The molecule has 0 radical (unpaired) electrons. The molecule has 6 heteroatoms. The maximum Gasteiger partial charge on any atom is 0.273 e. The van der Waals surface area contributed by atoms with Crippen LogP contribution in [0, 0.1) is 0 Å². The standard InChI is InChI=1S/C22H23N3O3/c26-22(20-14-21(28-24-20)17-6-2-1-3-7-17)23-15-18-8-4-5-9-19(18)16-25-10-12-27-13-11-25/h1-9,14H,10-13,15-16H2,(H,23,26). The fourth-order valence-electron chi connectivity index (χ4n) is 3.27. The molecule has 2 heterocycles. The molecule has 4 rings (SSSR count). The number of carbonyl (C=O) groups excluding carboxylic acids is 1. The Bertz CT molecular complexity index is 918. The Balaban J connectivity index is 1.39. The van der Waals surface area contributed by atoms with Gasteiger partial charge in [0.05, 0.1) is 13.2 Å². The van der Waals surface area contributed by atoms with Gasteiger partial charge in [0.1, 0.15) is 0 Å². The van der Waals surface area contributed by atoms with Crippen LogP contribution < -0.4 is 5.32 Å². The summed E-state index contributed by atoms with van der Waals surface area (Å²) in [6.45, 7) is 4.72. The van der Waals surface area contributed by atoms with Crippen LogP contribution in [0.25, 0.3) is 11.3 Å². The molecule has 1 fully saturated rings. The minimum absolute atomic E-state index is 0.243. The van der Waals surface area contributed by atoms with Crippen LogP contribution in [-0.2, 0) is 17.8 Å². The summed E-state index contributed by atoms with van der Waals surface area (Å²) in [6.07, 6.45) is 0. The largest absolute Gasteiger partial charge is 0.379 e. The van der Waals surface area contributed by atoms with Gasteiger partial charge in [0.2, 0.25) is 0 Å². The Hall–Kier alpha value is -2.96. The number of benzene rings is 2. The van der Waals surface area contributed by atoms with Gasteiger partial charge in [0.25, 0.3) is 5.91 Å². The normalized spacial score (nSPS) is 14.7. The number of nitrogens with zero attached hydrogens (tertiary/aromatic N) is 2. The van der Waals surface area contributed by atoms with E-state index in [2.05, 4.69) is 21.4 Å². The molecule has 1 N–H and O–H groups in total. The zero-order valence-corrected chi connectivity index (χ0v) is 15.6. The first-order chi connectivity index (χ1) is 13.8. The number of morpholine rings is 1. The maximum atomic E-state index is 12.5. The molecule has 0 atom stereocenters. The molecule has 1 saturated heterocycles. The molecule has 1 amide bonds. The van der Waals surface area contributed by atoms with E-state index < -0.39 is 0 Å². The lowest BCUT2D eigenvalue weighted by molar-refractivity contribution is 0.0340. The lowest BCUT2D eigenvalue weighted by Gasteiger charge is -2.27. The second-order valence-corrected chi connectivity index (χ2v) is 6.78. The van der Waals surface area contributed by atoms with Crippen LogP contribution in [0.3, 0.4) is 0 Å². The van der Waals surface area contributed by atoms with Crippen LogP contribution in [0.4, 0.5) is 0 Å². The van der Waals surface area contributed by atoms with Gasteiger partial charge >= 0.3 is 0 Å². The Labute approximate surface area is 164 Å². The van der Waals surface area contributed by atoms with Gasteiger partial charge in [-0.25, -0.2) is 0 Å². The van der Waals surface area contributed by atoms with Gasteiger partial charge in [0, 0.05) is 37.8 Å². The van der Waals surface area contributed by atoms with Crippen molar-refractivity contribution in [1.29, 1.82) is 0 Å². The van der Waals surface area contributed by atoms with Gasteiger partial charge in [0.15, 0.2) is 11.5 Å². The predicted molar refractivity (Wildman–Crippen MR) is 106 cm³/mol. The van der Waals surface area contributed by atoms with E-state index in [0.29, 0.717) is 12.3 Å². The van der Waals surface area contributed by atoms with E-state index in [9.17, 15) is 4.79 Å². The summed E-state index contributed by atoms with van der Waals surface area (Å²) >= 11 is 0. The number of hydrogen-bond donors (Lipinski definition) is 1. The zero-order chi connectivity index (χ0) is 19.2. The van der Waals surface area contributed by atoms with Crippen LogP contribution in [0.1, 0.15) is 21.6 Å². The van der Waals surface area contributed by atoms with Gasteiger partial charge in [-0.1, -0.05) is 59.8 Å². The fraction of sp³-hybridized carbons (Fsp3) is 0.273. The lowest BCUT2D eigenvalue weighted by Crippen LogP contribution is -2.36. The van der Waals surface area contributed by atoms with Crippen molar-refractivity contribution in [3.8, 4) is 11.3 Å². The minimum Gasteiger partial charge on any atom is -0.379 e. The molecule has 3 aromatic rings. The Morgan fingerprint density at radius 1 is 1.00 bits per heavy atom. The van der Waals surface area contributed by atoms with Crippen molar-refractivity contribution < 1.29 is 14.1 Å². The highest BCUT2D eigenvalue weighted by atomic mass is 16.5. The third kappa shape index (κ3) is 4.47. The van der Waals surface area contributed by atoms with Crippen LogP contribution in [0.5, 0.6) is 0 Å². The quantitative estimate of drug-likeness (QED) is 0.715. The highest BCUT2D eigenvalue weighted by Crippen LogP contribution is 2.20. The van der Waals surface area contributed by atoms with Crippen molar-refractivity contribution in [1.82, 2.24) is 15.4 Å². The Morgan fingerprint density at radius 2 is 1.71 bits per heavy atom. The van der Waals surface area contributed by atoms with Crippen LogP contribution >= 0.6 is 0 Å². The first kappa shape index (κ1) is 18.4. The number of amides is 1. The van der Waals surface area contributed by atoms with Gasteiger partial charge < -0.3 is 14.6 Å². The number of aromatic nitrogens is 1. The fourth-order valence-corrected chi connectivity index (χ4v) is 3.27.